The van der Waals surface area contributed by atoms with Crippen LogP contribution in [0.5, 0.6) is 0 Å². The average Bonchev–Trinajstić information content (AvgIpc) is 2.75. The van der Waals surface area contributed by atoms with Crippen LogP contribution in [-0.4, -0.2) is 48.3 Å². The van der Waals surface area contributed by atoms with Crippen molar-refractivity contribution in [1.82, 2.24) is 10.2 Å². The Bertz CT molecular complexity index is 257. The summed E-state index contributed by atoms with van der Waals surface area (Å²) in [4.78, 5) is 2.64. The molecule has 3 aliphatic rings. The molecule has 3 heteroatoms. The van der Waals surface area contributed by atoms with Gasteiger partial charge in [-0.1, -0.05) is 19.3 Å². The first-order chi connectivity index (χ1) is 8.31. The minimum atomic E-state index is -0.104. The lowest BCUT2D eigenvalue weighted by Gasteiger charge is -2.42. The van der Waals surface area contributed by atoms with Crippen LogP contribution in [0.1, 0.15) is 38.5 Å². The Kier molecular flexibility index (Phi) is 3.69. The smallest absolute Gasteiger partial charge is 0.0680 e. The van der Waals surface area contributed by atoms with Crippen molar-refractivity contribution in [1.29, 1.82) is 0 Å². The third kappa shape index (κ3) is 2.83. The summed E-state index contributed by atoms with van der Waals surface area (Å²) in [6.45, 7) is 4.55. The van der Waals surface area contributed by atoms with Crippen LogP contribution >= 0.6 is 0 Å². The summed E-state index contributed by atoms with van der Waals surface area (Å²) in [5, 5.41) is 13.0. The maximum atomic E-state index is 9.54. The minimum absolute atomic E-state index is 0.104. The van der Waals surface area contributed by atoms with Crippen LogP contribution in [0.4, 0.5) is 0 Å². The fraction of sp³-hybridized carbons (Fsp3) is 1.00. The largest absolute Gasteiger partial charge is 0.392 e. The highest BCUT2D eigenvalue weighted by molar-refractivity contribution is 4.88. The first-order valence-electron chi connectivity index (χ1n) is 7.45. The van der Waals surface area contributed by atoms with Crippen molar-refractivity contribution in [2.75, 3.05) is 26.2 Å². The van der Waals surface area contributed by atoms with Gasteiger partial charge in [0.2, 0.25) is 0 Å². The number of hydrogen-bond acceptors (Lipinski definition) is 3. The van der Waals surface area contributed by atoms with E-state index in [0.717, 1.165) is 31.3 Å². The monoisotopic (exact) mass is 238 g/mol. The molecule has 3 nitrogen and oxygen atoms in total. The molecule has 2 aliphatic heterocycles. The molecule has 0 spiro atoms. The SMILES string of the molecule is OC1CNC(CN2CCC3CCCCC3C2)C1. The second-order valence-corrected chi connectivity index (χ2v) is 6.35. The molecule has 3 fully saturated rings. The van der Waals surface area contributed by atoms with E-state index in [1.54, 1.807) is 0 Å². The number of likely N-dealkylation sites (tertiary alicyclic amines) is 1. The molecule has 2 saturated heterocycles. The Labute approximate surface area is 105 Å². The van der Waals surface area contributed by atoms with Gasteiger partial charge in [-0.05, 0) is 37.6 Å². The molecule has 0 amide bonds. The lowest BCUT2D eigenvalue weighted by Crippen LogP contribution is -2.46. The van der Waals surface area contributed by atoms with E-state index in [4.69, 9.17) is 0 Å². The minimum Gasteiger partial charge on any atom is -0.392 e. The maximum absolute atomic E-state index is 9.54. The molecule has 2 N–H and O–H groups in total. The standard InChI is InChI=1S/C14H26N2O/c17-14-7-13(15-8-14)10-16-6-5-11-3-1-2-4-12(11)9-16/h11-15,17H,1-10H2. The van der Waals surface area contributed by atoms with Gasteiger partial charge < -0.3 is 15.3 Å². The molecular weight excluding hydrogens is 212 g/mol. The van der Waals surface area contributed by atoms with Crippen LogP contribution in [0.15, 0.2) is 0 Å². The Morgan fingerprint density at radius 3 is 2.71 bits per heavy atom. The van der Waals surface area contributed by atoms with Crippen LogP contribution in [-0.2, 0) is 0 Å². The third-order valence-corrected chi connectivity index (χ3v) is 5.05. The molecule has 0 aromatic heterocycles. The van der Waals surface area contributed by atoms with Gasteiger partial charge in [-0.15, -0.1) is 0 Å². The number of rotatable bonds is 2. The molecule has 1 saturated carbocycles. The molecule has 3 rings (SSSR count). The van der Waals surface area contributed by atoms with Crippen LogP contribution < -0.4 is 5.32 Å². The van der Waals surface area contributed by atoms with Gasteiger partial charge in [0.1, 0.15) is 0 Å². The maximum Gasteiger partial charge on any atom is 0.0680 e. The van der Waals surface area contributed by atoms with Crippen molar-refractivity contribution < 1.29 is 5.11 Å². The van der Waals surface area contributed by atoms with Gasteiger partial charge in [0, 0.05) is 25.7 Å². The first-order valence-corrected chi connectivity index (χ1v) is 7.45. The molecular formula is C14H26N2O. The second-order valence-electron chi connectivity index (χ2n) is 6.35. The normalized spacial score (nSPS) is 43.6. The highest BCUT2D eigenvalue weighted by atomic mass is 16.3. The highest BCUT2D eigenvalue weighted by Crippen LogP contribution is 2.36. The predicted octanol–water partition coefficient (Wildman–Crippen LogP) is 1.22. The van der Waals surface area contributed by atoms with Gasteiger partial charge in [-0.3, -0.25) is 0 Å². The van der Waals surface area contributed by atoms with E-state index in [1.807, 2.05) is 0 Å². The molecule has 4 atom stereocenters. The lowest BCUT2D eigenvalue weighted by molar-refractivity contribution is 0.0801. The average molecular weight is 238 g/mol. The Hall–Kier alpha value is -0.120. The molecule has 1 aliphatic carbocycles. The molecule has 98 valence electrons. The summed E-state index contributed by atoms with van der Waals surface area (Å²) in [6.07, 6.45) is 8.13. The van der Waals surface area contributed by atoms with Crippen molar-refractivity contribution in [3.05, 3.63) is 0 Å². The molecule has 0 aromatic carbocycles. The molecule has 0 aromatic rings. The van der Waals surface area contributed by atoms with Crippen molar-refractivity contribution in [2.24, 2.45) is 11.8 Å². The highest BCUT2D eigenvalue weighted by Gasteiger charge is 2.32. The molecule has 4 unspecified atom stereocenters. The zero-order valence-corrected chi connectivity index (χ0v) is 10.8. The van der Waals surface area contributed by atoms with Crippen LogP contribution in [0.2, 0.25) is 0 Å². The van der Waals surface area contributed by atoms with Crippen molar-refractivity contribution in [2.45, 2.75) is 50.7 Å². The topological polar surface area (TPSA) is 35.5 Å². The Morgan fingerprint density at radius 1 is 1.12 bits per heavy atom. The second kappa shape index (κ2) is 5.25. The third-order valence-electron chi connectivity index (χ3n) is 5.05. The summed E-state index contributed by atoms with van der Waals surface area (Å²) in [6, 6.07) is 0.533. The number of β-amino-alcohol motifs (C(OH)–C–C–N with tert-alkyl or cyclic N) is 1. The summed E-state index contributed by atoms with van der Waals surface area (Å²) >= 11 is 0. The van der Waals surface area contributed by atoms with E-state index in [9.17, 15) is 5.11 Å². The van der Waals surface area contributed by atoms with Crippen LogP contribution in [0, 0.1) is 11.8 Å². The van der Waals surface area contributed by atoms with Gasteiger partial charge in [0.25, 0.3) is 0 Å². The van der Waals surface area contributed by atoms with Gasteiger partial charge >= 0.3 is 0 Å². The van der Waals surface area contributed by atoms with Crippen molar-refractivity contribution in [3.63, 3.8) is 0 Å². The molecule has 2 heterocycles. The Morgan fingerprint density at radius 2 is 1.94 bits per heavy atom. The molecule has 0 bridgehead atoms. The quantitative estimate of drug-likeness (QED) is 0.759. The van der Waals surface area contributed by atoms with E-state index in [1.165, 1.54) is 45.2 Å². The first kappa shape index (κ1) is 11.9. The summed E-state index contributed by atoms with van der Waals surface area (Å²) in [5.74, 6) is 2.01. The Balaban J connectivity index is 1.48. The van der Waals surface area contributed by atoms with E-state index >= 15 is 0 Å². The summed E-state index contributed by atoms with van der Waals surface area (Å²) in [5.41, 5.74) is 0. The lowest BCUT2D eigenvalue weighted by atomic mass is 9.75. The number of fused-ring (bicyclic) bond motifs is 1. The van der Waals surface area contributed by atoms with Crippen molar-refractivity contribution in [3.8, 4) is 0 Å². The fourth-order valence-electron chi connectivity index (χ4n) is 4.09. The fourth-order valence-corrected chi connectivity index (χ4v) is 4.09. The zero-order chi connectivity index (χ0) is 11.7. The summed E-state index contributed by atoms with van der Waals surface area (Å²) in [7, 11) is 0. The van der Waals surface area contributed by atoms with Gasteiger partial charge in [-0.25, -0.2) is 0 Å². The van der Waals surface area contributed by atoms with Crippen molar-refractivity contribution >= 4 is 0 Å². The number of aliphatic hydroxyl groups is 1. The number of piperidine rings is 1. The van der Waals surface area contributed by atoms with Crippen LogP contribution in [0.3, 0.4) is 0 Å². The van der Waals surface area contributed by atoms with Gasteiger partial charge in [0.15, 0.2) is 0 Å². The van der Waals surface area contributed by atoms with E-state index < -0.39 is 0 Å². The van der Waals surface area contributed by atoms with E-state index in [-0.39, 0.29) is 6.10 Å². The van der Waals surface area contributed by atoms with E-state index in [0.29, 0.717) is 6.04 Å². The van der Waals surface area contributed by atoms with Gasteiger partial charge in [0.05, 0.1) is 6.10 Å². The van der Waals surface area contributed by atoms with Gasteiger partial charge in [-0.2, -0.15) is 0 Å². The number of nitrogens with one attached hydrogen (secondary N) is 1. The molecule has 17 heavy (non-hydrogen) atoms. The van der Waals surface area contributed by atoms with Crippen LogP contribution in [0.25, 0.3) is 0 Å². The number of hydrogen-bond donors (Lipinski definition) is 2. The van der Waals surface area contributed by atoms with E-state index in [2.05, 4.69) is 10.2 Å². The number of nitrogens with zero attached hydrogens (tertiary/aromatic N) is 1. The molecule has 0 radical (unpaired) electrons. The predicted molar refractivity (Wildman–Crippen MR) is 68.9 cm³/mol. The zero-order valence-electron chi connectivity index (χ0n) is 10.8. The number of aliphatic hydroxyl groups excluding tert-OH is 1. The summed E-state index contributed by atoms with van der Waals surface area (Å²) < 4.78 is 0.